The molecule has 2 aliphatic rings. The molecule has 0 spiro atoms. The number of morpholine rings is 1. The topological polar surface area (TPSA) is 117 Å². The fourth-order valence-corrected chi connectivity index (χ4v) is 7.03. The van der Waals surface area contributed by atoms with Crippen LogP contribution >= 0.6 is 22.7 Å². The third-order valence-corrected chi connectivity index (χ3v) is 9.23. The van der Waals surface area contributed by atoms with Crippen LogP contribution in [-0.2, 0) is 24.1 Å². The Hall–Kier alpha value is -3.58. The van der Waals surface area contributed by atoms with E-state index >= 15 is 0 Å². The van der Waals surface area contributed by atoms with Crippen molar-refractivity contribution in [3.8, 4) is 5.88 Å². The van der Waals surface area contributed by atoms with Crippen LogP contribution in [0.1, 0.15) is 32.8 Å². The molecule has 0 radical (unpaired) electrons. The predicted molar refractivity (Wildman–Crippen MR) is 155 cm³/mol. The first kappa shape index (κ1) is 26.6. The van der Waals surface area contributed by atoms with Gasteiger partial charge in [-0.15, -0.1) is 0 Å². The van der Waals surface area contributed by atoms with Gasteiger partial charge in [-0.2, -0.15) is 4.98 Å². The first-order valence-corrected chi connectivity index (χ1v) is 14.9. The number of aromatic nitrogens is 2. The number of carbonyl (C=O) groups is 2. The first-order valence-electron chi connectivity index (χ1n) is 13.3. The van der Waals surface area contributed by atoms with Gasteiger partial charge < -0.3 is 19.5 Å². The fraction of sp³-hybridized carbons (Fsp3) is 0.357. The van der Waals surface area contributed by atoms with Crippen molar-refractivity contribution < 1.29 is 24.2 Å². The monoisotopic (exact) mass is 579 g/mol. The van der Waals surface area contributed by atoms with Gasteiger partial charge >= 0.3 is 6.16 Å². The van der Waals surface area contributed by atoms with Crippen molar-refractivity contribution in [1.82, 2.24) is 14.9 Å². The summed E-state index contributed by atoms with van der Waals surface area (Å²) in [4.78, 5) is 39.1. The second kappa shape index (κ2) is 11.9. The molecule has 1 fully saturated rings. The van der Waals surface area contributed by atoms with Crippen molar-refractivity contribution in [3.05, 3.63) is 64.0 Å². The number of hydrogen-bond acceptors (Lipinski definition) is 10. The summed E-state index contributed by atoms with van der Waals surface area (Å²) < 4.78 is 11.5. The molecule has 4 heterocycles. The summed E-state index contributed by atoms with van der Waals surface area (Å²) in [5, 5.41) is 13.5. The van der Waals surface area contributed by atoms with Crippen molar-refractivity contribution in [1.29, 1.82) is 0 Å². The largest absolute Gasteiger partial charge is 0.512 e. The van der Waals surface area contributed by atoms with Gasteiger partial charge in [0.2, 0.25) is 5.88 Å². The molecule has 4 aromatic rings. The molecular formula is C28H29N5O5S2. The molecule has 10 nitrogen and oxygen atoms in total. The maximum atomic E-state index is 13.4. The van der Waals surface area contributed by atoms with Crippen LogP contribution in [0.25, 0.3) is 10.2 Å². The number of para-hydroxylation sites is 1. The number of benzene rings is 2. The second-order valence-corrected chi connectivity index (χ2v) is 11.8. The summed E-state index contributed by atoms with van der Waals surface area (Å²) in [6.07, 6.45) is 0.927. The third-order valence-electron chi connectivity index (χ3n) is 7.12. The Morgan fingerprint density at radius 3 is 2.73 bits per heavy atom. The van der Waals surface area contributed by atoms with Crippen LogP contribution in [0.15, 0.2) is 42.5 Å². The van der Waals surface area contributed by atoms with Crippen LogP contribution in [0, 0.1) is 0 Å². The molecule has 0 atom stereocenters. The zero-order valence-electron chi connectivity index (χ0n) is 21.8. The molecule has 1 amide bonds. The second-order valence-electron chi connectivity index (χ2n) is 9.71. The summed E-state index contributed by atoms with van der Waals surface area (Å²) in [5.74, 6) is -0.0438. The molecule has 1 saturated heterocycles. The van der Waals surface area contributed by atoms with Crippen molar-refractivity contribution in [2.24, 2.45) is 0 Å². The van der Waals surface area contributed by atoms with Crippen LogP contribution < -0.4 is 15.0 Å². The number of nitrogens with one attached hydrogen (secondary N) is 1. The molecular weight excluding hydrogens is 550 g/mol. The Labute approximate surface area is 239 Å². The smallest absolute Gasteiger partial charge is 0.449 e. The normalized spacial score (nSPS) is 15.7. The Balaban J connectivity index is 1.18. The number of rotatable bonds is 8. The van der Waals surface area contributed by atoms with Crippen LogP contribution in [0.4, 0.5) is 15.1 Å². The summed E-state index contributed by atoms with van der Waals surface area (Å²) >= 11 is 2.91. The number of thiazole rings is 2. The number of aryl methyl sites for hydroxylation is 1. The SMILES string of the molecule is O=C(O)Oc1nc(N2CCc3cccc(C(=O)Nc4nc5ccccc5s4)c3C2)sc1CCCN1CCOCC1. The number of fused-ring (bicyclic) bond motifs is 2. The number of amides is 1. The van der Waals surface area contributed by atoms with E-state index in [2.05, 4.69) is 31.2 Å². The van der Waals surface area contributed by atoms with Gasteiger partial charge in [-0.3, -0.25) is 15.0 Å². The minimum absolute atomic E-state index is 0.155. The number of carbonyl (C=O) groups excluding carboxylic acids is 1. The first-order chi connectivity index (χ1) is 19.5. The van der Waals surface area contributed by atoms with Crippen molar-refractivity contribution in [2.45, 2.75) is 25.8 Å². The molecule has 12 heteroatoms. The molecule has 208 valence electrons. The van der Waals surface area contributed by atoms with Crippen molar-refractivity contribution in [2.75, 3.05) is 49.6 Å². The van der Waals surface area contributed by atoms with Gasteiger partial charge in [0.25, 0.3) is 5.91 Å². The molecule has 0 unspecified atom stereocenters. The fourth-order valence-electron chi connectivity index (χ4n) is 5.12. The Morgan fingerprint density at radius 2 is 1.90 bits per heavy atom. The van der Waals surface area contributed by atoms with Crippen molar-refractivity contribution >= 4 is 55.2 Å². The Morgan fingerprint density at radius 1 is 1.05 bits per heavy atom. The number of hydrogen-bond donors (Lipinski definition) is 2. The molecule has 2 N–H and O–H groups in total. The van der Waals surface area contributed by atoms with E-state index < -0.39 is 6.16 Å². The maximum absolute atomic E-state index is 13.4. The standard InChI is InChI=1S/C28H29N5O5S2/c34-24(30-26-29-21-7-1-2-8-22(21)39-26)19-6-3-5-18-10-12-33(17-20(18)19)27-31-25(38-28(35)36)23(40-27)9-4-11-32-13-15-37-16-14-32/h1-3,5-8H,4,9-17H2,(H,35,36)(H,29,30,34). The van der Waals surface area contributed by atoms with E-state index in [-0.39, 0.29) is 11.8 Å². The predicted octanol–water partition coefficient (Wildman–Crippen LogP) is 4.89. The highest BCUT2D eigenvalue weighted by atomic mass is 32.1. The van der Waals surface area contributed by atoms with Gasteiger partial charge in [0, 0.05) is 31.7 Å². The highest BCUT2D eigenvalue weighted by molar-refractivity contribution is 7.22. The summed E-state index contributed by atoms with van der Waals surface area (Å²) in [6.45, 7) is 5.43. The minimum atomic E-state index is -1.37. The van der Waals surface area contributed by atoms with Crippen LogP contribution in [0.2, 0.25) is 0 Å². The lowest BCUT2D eigenvalue weighted by molar-refractivity contribution is 0.0374. The van der Waals surface area contributed by atoms with E-state index in [1.165, 1.54) is 22.7 Å². The minimum Gasteiger partial charge on any atom is -0.449 e. The number of ether oxygens (including phenoxy) is 2. The molecule has 0 aliphatic carbocycles. The molecule has 0 bridgehead atoms. The lowest BCUT2D eigenvalue weighted by atomic mass is 9.94. The van der Waals surface area contributed by atoms with Crippen LogP contribution in [0.5, 0.6) is 5.88 Å². The van der Waals surface area contributed by atoms with E-state index in [4.69, 9.17) is 9.47 Å². The molecule has 2 aromatic carbocycles. The van der Waals surface area contributed by atoms with E-state index in [0.717, 1.165) is 71.9 Å². The molecule has 2 aromatic heterocycles. The van der Waals surface area contributed by atoms with E-state index in [9.17, 15) is 14.7 Å². The third kappa shape index (κ3) is 5.94. The highest BCUT2D eigenvalue weighted by Crippen LogP contribution is 2.36. The number of anilines is 2. The average molecular weight is 580 g/mol. The Bertz CT molecular complexity index is 1500. The maximum Gasteiger partial charge on any atom is 0.512 e. The summed E-state index contributed by atoms with van der Waals surface area (Å²) in [6, 6.07) is 13.6. The van der Waals surface area contributed by atoms with E-state index in [0.29, 0.717) is 35.3 Å². The molecule has 2 aliphatic heterocycles. The van der Waals surface area contributed by atoms with Gasteiger partial charge in [-0.1, -0.05) is 46.9 Å². The molecule has 0 saturated carbocycles. The van der Waals surface area contributed by atoms with Crippen LogP contribution in [0.3, 0.4) is 0 Å². The lowest BCUT2D eigenvalue weighted by Gasteiger charge is -2.29. The van der Waals surface area contributed by atoms with Gasteiger partial charge in [0.05, 0.1) is 28.3 Å². The molecule has 40 heavy (non-hydrogen) atoms. The van der Waals surface area contributed by atoms with E-state index in [1.807, 2.05) is 36.4 Å². The number of nitrogens with zero attached hydrogens (tertiary/aromatic N) is 4. The summed E-state index contributed by atoms with van der Waals surface area (Å²) in [7, 11) is 0. The van der Waals surface area contributed by atoms with Crippen LogP contribution in [-0.4, -0.2) is 71.4 Å². The van der Waals surface area contributed by atoms with Gasteiger partial charge in [-0.25, -0.2) is 9.78 Å². The molecule has 6 rings (SSSR count). The van der Waals surface area contributed by atoms with Gasteiger partial charge in [0.15, 0.2) is 10.3 Å². The zero-order chi connectivity index (χ0) is 27.5. The number of carboxylic acid groups (broad SMARTS) is 1. The van der Waals surface area contributed by atoms with Crippen molar-refractivity contribution in [3.63, 3.8) is 0 Å². The quantitative estimate of drug-likeness (QED) is 0.281. The van der Waals surface area contributed by atoms with Gasteiger partial charge in [-0.05, 0) is 55.1 Å². The van der Waals surface area contributed by atoms with Gasteiger partial charge in [0.1, 0.15) is 0 Å². The lowest BCUT2D eigenvalue weighted by Crippen LogP contribution is -2.36. The summed E-state index contributed by atoms with van der Waals surface area (Å²) in [5.41, 5.74) is 3.52. The highest BCUT2D eigenvalue weighted by Gasteiger charge is 2.26. The zero-order valence-corrected chi connectivity index (χ0v) is 23.4. The average Bonchev–Trinajstić information content (AvgIpc) is 3.56. The van der Waals surface area contributed by atoms with E-state index in [1.54, 1.807) is 0 Å². The Kier molecular flexibility index (Phi) is 7.91.